The lowest BCUT2D eigenvalue weighted by atomic mass is 9.93. The molecule has 0 saturated heterocycles. The Kier molecular flexibility index (Phi) is 7.29. The first-order valence-electron chi connectivity index (χ1n) is 9.59. The monoisotopic (exact) mass is 411 g/mol. The number of aryl methyl sites for hydroxylation is 1. The van der Waals surface area contributed by atoms with Crippen LogP contribution < -0.4 is 10.5 Å². The molecule has 152 valence electrons. The molecule has 0 bridgehead atoms. The first-order chi connectivity index (χ1) is 14.0. The zero-order chi connectivity index (χ0) is 20.7. The standard InChI is InChI=1S/C24H26ClNO3/c25-23-14-21(10-9-19(23)11-12-24(26,16-27)17-28)20-7-4-8-22(13-20)29-15-18-5-2-1-3-6-18/h1-10,13-14,27-28H,11-12,15-17,26H2. The Bertz CT molecular complexity index is 926. The van der Waals surface area contributed by atoms with E-state index in [0.717, 1.165) is 28.0 Å². The van der Waals surface area contributed by atoms with Gasteiger partial charge in [0.05, 0.1) is 18.8 Å². The van der Waals surface area contributed by atoms with Gasteiger partial charge in [-0.1, -0.05) is 66.2 Å². The summed E-state index contributed by atoms with van der Waals surface area (Å²) < 4.78 is 5.91. The zero-order valence-electron chi connectivity index (χ0n) is 16.2. The van der Waals surface area contributed by atoms with Gasteiger partial charge in [-0.3, -0.25) is 0 Å². The lowest BCUT2D eigenvalue weighted by Crippen LogP contribution is -2.47. The summed E-state index contributed by atoms with van der Waals surface area (Å²) in [5.41, 5.74) is 9.01. The van der Waals surface area contributed by atoms with E-state index >= 15 is 0 Å². The topological polar surface area (TPSA) is 75.7 Å². The Morgan fingerprint density at radius 2 is 1.59 bits per heavy atom. The minimum atomic E-state index is -0.994. The van der Waals surface area contributed by atoms with Gasteiger partial charge in [-0.25, -0.2) is 0 Å². The molecule has 4 nitrogen and oxygen atoms in total. The molecule has 3 aromatic carbocycles. The molecule has 0 aliphatic carbocycles. The van der Waals surface area contributed by atoms with Gasteiger partial charge in [-0.15, -0.1) is 0 Å². The van der Waals surface area contributed by atoms with Crippen LogP contribution in [0.5, 0.6) is 5.75 Å². The summed E-state index contributed by atoms with van der Waals surface area (Å²) in [4.78, 5) is 0. The van der Waals surface area contributed by atoms with E-state index in [1.54, 1.807) is 0 Å². The molecule has 0 heterocycles. The average Bonchev–Trinajstić information content (AvgIpc) is 2.77. The lowest BCUT2D eigenvalue weighted by molar-refractivity contribution is 0.115. The molecule has 4 N–H and O–H groups in total. The van der Waals surface area contributed by atoms with Crippen LogP contribution >= 0.6 is 11.6 Å². The normalized spacial score (nSPS) is 11.4. The molecule has 0 aliphatic rings. The number of hydrogen-bond acceptors (Lipinski definition) is 4. The fourth-order valence-corrected chi connectivity index (χ4v) is 3.30. The molecular formula is C24H26ClNO3. The third-order valence-corrected chi connectivity index (χ3v) is 5.34. The van der Waals surface area contributed by atoms with Crippen molar-refractivity contribution in [2.75, 3.05) is 13.2 Å². The second-order valence-electron chi connectivity index (χ2n) is 7.29. The van der Waals surface area contributed by atoms with Crippen LogP contribution in [0.15, 0.2) is 72.8 Å². The minimum absolute atomic E-state index is 0.269. The van der Waals surface area contributed by atoms with Crippen LogP contribution in [0, 0.1) is 0 Å². The van der Waals surface area contributed by atoms with Gasteiger partial charge in [-0.2, -0.15) is 0 Å². The molecule has 3 aromatic rings. The average molecular weight is 412 g/mol. The van der Waals surface area contributed by atoms with E-state index < -0.39 is 5.54 Å². The first-order valence-corrected chi connectivity index (χ1v) is 9.97. The number of nitrogens with two attached hydrogens (primary N) is 1. The smallest absolute Gasteiger partial charge is 0.120 e. The van der Waals surface area contributed by atoms with Crippen LogP contribution in [0.25, 0.3) is 11.1 Å². The van der Waals surface area contributed by atoms with Crippen molar-refractivity contribution in [1.82, 2.24) is 0 Å². The largest absolute Gasteiger partial charge is 0.489 e. The predicted molar refractivity (Wildman–Crippen MR) is 117 cm³/mol. The summed E-state index contributed by atoms with van der Waals surface area (Å²) in [6, 6.07) is 23.8. The second kappa shape index (κ2) is 9.90. The molecule has 29 heavy (non-hydrogen) atoms. The first kappa shape index (κ1) is 21.3. The minimum Gasteiger partial charge on any atom is -0.489 e. The van der Waals surface area contributed by atoms with E-state index in [1.807, 2.05) is 72.8 Å². The molecule has 0 aromatic heterocycles. The maximum Gasteiger partial charge on any atom is 0.120 e. The number of halogens is 1. The summed E-state index contributed by atoms with van der Waals surface area (Å²) in [5, 5.41) is 19.3. The fraction of sp³-hybridized carbons (Fsp3) is 0.250. The molecule has 0 unspecified atom stereocenters. The van der Waals surface area contributed by atoms with Crippen molar-refractivity contribution in [2.24, 2.45) is 5.73 Å². The lowest BCUT2D eigenvalue weighted by Gasteiger charge is -2.24. The number of rotatable bonds is 9. The van der Waals surface area contributed by atoms with Gasteiger partial charge in [0.2, 0.25) is 0 Å². The number of hydrogen-bond donors (Lipinski definition) is 3. The Balaban J connectivity index is 1.70. The molecule has 0 saturated carbocycles. The highest BCUT2D eigenvalue weighted by Crippen LogP contribution is 2.29. The van der Waals surface area contributed by atoms with Gasteiger partial charge in [0.25, 0.3) is 0 Å². The van der Waals surface area contributed by atoms with Crippen LogP contribution in [0.2, 0.25) is 5.02 Å². The molecule has 3 rings (SSSR count). The Morgan fingerprint density at radius 1 is 0.862 bits per heavy atom. The van der Waals surface area contributed by atoms with Crippen LogP contribution in [-0.2, 0) is 13.0 Å². The van der Waals surface area contributed by atoms with E-state index in [0.29, 0.717) is 24.5 Å². The Hall–Kier alpha value is -2.37. The van der Waals surface area contributed by atoms with Crippen molar-refractivity contribution in [1.29, 1.82) is 0 Å². The molecule has 0 amide bonds. The summed E-state index contributed by atoms with van der Waals surface area (Å²) in [5.74, 6) is 0.797. The molecule has 0 radical (unpaired) electrons. The van der Waals surface area contributed by atoms with E-state index in [1.165, 1.54) is 0 Å². The molecular weight excluding hydrogens is 386 g/mol. The highest BCUT2D eigenvalue weighted by molar-refractivity contribution is 6.31. The zero-order valence-corrected chi connectivity index (χ0v) is 17.0. The number of aliphatic hydroxyl groups is 2. The fourth-order valence-electron chi connectivity index (χ4n) is 3.03. The maximum atomic E-state index is 9.34. The van der Waals surface area contributed by atoms with Crippen molar-refractivity contribution >= 4 is 11.6 Å². The van der Waals surface area contributed by atoms with Crippen LogP contribution in [0.1, 0.15) is 17.5 Å². The van der Waals surface area contributed by atoms with Crippen molar-refractivity contribution in [3.05, 3.63) is 88.9 Å². The van der Waals surface area contributed by atoms with Crippen molar-refractivity contribution in [3.63, 3.8) is 0 Å². The van der Waals surface area contributed by atoms with E-state index in [9.17, 15) is 10.2 Å². The van der Waals surface area contributed by atoms with Gasteiger partial charge in [0, 0.05) is 5.02 Å². The highest BCUT2D eigenvalue weighted by Gasteiger charge is 2.23. The number of benzene rings is 3. The third kappa shape index (κ3) is 5.81. The van der Waals surface area contributed by atoms with Gasteiger partial charge in [0.1, 0.15) is 12.4 Å². The van der Waals surface area contributed by atoms with Gasteiger partial charge < -0.3 is 20.7 Å². The van der Waals surface area contributed by atoms with Crippen LogP contribution in [0.4, 0.5) is 0 Å². The second-order valence-corrected chi connectivity index (χ2v) is 7.69. The van der Waals surface area contributed by atoms with Gasteiger partial charge in [0.15, 0.2) is 0 Å². The van der Waals surface area contributed by atoms with Gasteiger partial charge >= 0.3 is 0 Å². The quantitative estimate of drug-likeness (QED) is 0.493. The molecule has 5 heteroatoms. The predicted octanol–water partition coefficient (Wildman–Crippen LogP) is 4.20. The van der Waals surface area contributed by atoms with Crippen molar-refractivity contribution < 1.29 is 14.9 Å². The number of ether oxygens (including phenoxy) is 1. The third-order valence-electron chi connectivity index (χ3n) is 4.99. The summed E-state index contributed by atoms with van der Waals surface area (Å²) >= 11 is 6.48. The van der Waals surface area contributed by atoms with Gasteiger partial charge in [-0.05, 0) is 53.3 Å². The number of aliphatic hydroxyl groups excluding tert-OH is 2. The van der Waals surface area contributed by atoms with E-state index in [-0.39, 0.29) is 13.2 Å². The van der Waals surface area contributed by atoms with Crippen molar-refractivity contribution in [3.8, 4) is 16.9 Å². The van der Waals surface area contributed by atoms with Crippen LogP contribution in [0.3, 0.4) is 0 Å². The summed E-state index contributed by atoms with van der Waals surface area (Å²) in [6.07, 6.45) is 1.03. The summed E-state index contributed by atoms with van der Waals surface area (Å²) in [7, 11) is 0. The van der Waals surface area contributed by atoms with Crippen molar-refractivity contribution in [2.45, 2.75) is 25.0 Å². The van der Waals surface area contributed by atoms with Crippen LogP contribution in [-0.4, -0.2) is 29.0 Å². The highest BCUT2D eigenvalue weighted by atomic mass is 35.5. The molecule has 0 atom stereocenters. The SMILES string of the molecule is NC(CO)(CO)CCc1ccc(-c2cccc(OCc3ccccc3)c2)cc1Cl. The Morgan fingerprint density at radius 3 is 2.28 bits per heavy atom. The molecule has 0 fully saturated rings. The summed E-state index contributed by atoms with van der Waals surface area (Å²) in [6.45, 7) is -0.0233. The molecule has 0 spiro atoms. The van der Waals surface area contributed by atoms with E-state index in [4.69, 9.17) is 22.1 Å². The molecule has 0 aliphatic heterocycles. The Labute approximate surface area is 176 Å². The van der Waals surface area contributed by atoms with E-state index in [2.05, 4.69) is 0 Å². The maximum absolute atomic E-state index is 9.34.